The van der Waals surface area contributed by atoms with Gasteiger partial charge in [0.15, 0.2) is 0 Å². The van der Waals surface area contributed by atoms with Gasteiger partial charge in [-0.1, -0.05) is 38.1 Å². The van der Waals surface area contributed by atoms with Gasteiger partial charge in [-0.15, -0.1) is 0 Å². The fourth-order valence-electron chi connectivity index (χ4n) is 1.71. The van der Waals surface area contributed by atoms with Gasteiger partial charge < -0.3 is 10.8 Å². The Morgan fingerprint density at radius 2 is 1.80 bits per heavy atom. The quantitative estimate of drug-likeness (QED) is 0.775. The summed E-state index contributed by atoms with van der Waals surface area (Å²) in [5, 5.41) is 9.11. The van der Waals surface area contributed by atoms with E-state index in [0.717, 1.165) is 12.0 Å². The zero-order valence-electron chi connectivity index (χ0n) is 9.61. The van der Waals surface area contributed by atoms with Crippen LogP contribution < -0.4 is 5.73 Å². The van der Waals surface area contributed by atoms with Crippen molar-refractivity contribution in [3.8, 4) is 0 Å². The maximum Gasteiger partial charge on any atom is 0.0511 e. The first-order chi connectivity index (χ1) is 7.17. The van der Waals surface area contributed by atoms with Crippen LogP contribution in [0.3, 0.4) is 0 Å². The van der Waals surface area contributed by atoms with Gasteiger partial charge in [0, 0.05) is 12.5 Å². The maximum atomic E-state index is 9.11. The van der Waals surface area contributed by atoms with Crippen molar-refractivity contribution in [3.05, 3.63) is 35.4 Å². The van der Waals surface area contributed by atoms with E-state index in [1.165, 1.54) is 5.56 Å². The SMILES string of the molecule is CC(C)Cc1ccc(C(CN)CO)cc1. The van der Waals surface area contributed by atoms with E-state index in [0.29, 0.717) is 12.5 Å². The van der Waals surface area contributed by atoms with Crippen molar-refractivity contribution in [3.63, 3.8) is 0 Å². The van der Waals surface area contributed by atoms with Crippen LogP contribution in [0.5, 0.6) is 0 Å². The molecule has 0 aliphatic rings. The zero-order valence-corrected chi connectivity index (χ0v) is 9.61. The van der Waals surface area contributed by atoms with Crippen LogP contribution in [-0.2, 0) is 6.42 Å². The van der Waals surface area contributed by atoms with E-state index >= 15 is 0 Å². The highest BCUT2D eigenvalue weighted by Crippen LogP contribution is 2.16. The summed E-state index contributed by atoms with van der Waals surface area (Å²) in [6.45, 7) is 5.05. The number of benzene rings is 1. The van der Waals surface area contributed by atoms with Crippen LogP contribution in [0.1, 0.15) is 30.9 Å². The van der Waals surface area contributed by atoms with Crippen molar-refractivity contribution in [1.29, 1.82) is 0 Å². The van der Waals surface area contributed by atoms with Crippen LogP contribution in [0.4, 0.5) is 0 Å². The Morgan fingerprint density at radius 1 is 1.20 bits per heavy atom. The number of rotatable bonds is 5. The largest absolute Gasteiger partial charge is 0.396 e. The second kappa shape index (κ2) is 5.89. The van der Waals surface area contributed by atoms with Gasteiger partial charge in [0.05, 0.1) is 6.61 Å². The third-order valence-electron chi connectivity index (χ3n) is 2.60. The Hall–Kier alpha value is -0.860. The first-order valence-corrected chi connectivity index (χ1v) is 5.57. The Morgan fingerprint density at radius 3 is 2.20 bits per heavy atom. The van der Waals surface area contributed by atoms with E-state index in [-0.39, 0.29) is 12.5 Å². The molecule has 0 saturated carbocycles. The minimum atomic E-state index is 0.0816. The first kappa shape index (κ1) is 12.2. The topological polar surface area (TPSA) is 46.2 Å². The Balaban J connectivity index is 2.71. The van der Waals surface area contributed by atoms with Gasteiger partial charge in [-0.25, -0.2) is 0 Å². The number of aliphatic hydroxyl groups excluding tert-OH is 1. The molecule has 1 aromatic rings. The maximum absolute atomic E-state index is 9.11. The average molecular weight is 207 g/mol. The summed E-state index contributed by atoms with van der Waals surface area (Å²) < 4.78 is 0. The minimum Gasteiger partial charge on any atom is -0.396 e. The molecule has 0 radical (unpaired) electrons. The smallest absolute Gasteiger partial charge is 0.0511 e. The summed E-state index contributed by atoms with van der Waals surface area (Å²) in [5.41, 5.74) is 8.06. The molecule has 2 heteroatoms. The molecule has 1 unspecified atom stereocenters. The molecule has 1 rings (SSSR count). The molecule has 84 valence electrons. The van der Waals surface area contributed by atoms with Gasteiger partial charge >= 0.3 is 0 Å². The Kier molecular flexibility index (Phi) is 4.79. The number of hydrogen-bond acceptors (Lipinski definition) is 2. The van der Waals surface area contributed by atoms with Crippen LogP contribution in [0, 0.1) is 5.92 Å². The van der Waals surface area contributed by atoms with Gasteiger partial charge in [-0.05, 0) is 23.5 Å². The van der Waals surface area contributed by atoms with Crippen molar-refractivity contribution in [2.45, 2.75) is 26.2 Å². The lowest BCUT2D eigenvalue weighted by Crippen LogP contribution is -2.15. The third-order valence-corrected chi connectivity index (χ3v) is 2.60. The van der Waals surface area contributed by atoms with Crippen molar-refractivity contribution in [2.75, 3.05) is 13.2 Å². The standard InChI is InChI=1S/C13H21NO/c1-10(2)7-11-3-5-12(6-4-11)13(8-14)9-15/h3-6,10,13,15H,7-9,14H2,1-2H3. The van der Waals surface area contributed by atoms with Crippen molar-refractivity contribution >= 4 is 0 Å². The lowest BCUT2D eigenvalue weighted by atomic mass is 9.96. The molecule has 0 aliphatic heterocycles. The fourth-order valence-corrected chi connectivity index (χ4v) is 1.71. The predicted molar refractivity (Wildman–Crippen MR) is 63.9 cm³/mol. The molecule has 0 spiro atoms. The van der Waals surface area contributed by atoms with Crippen LogP contribution in [0.15, 0.2) is 24.3 Å². The second-order valence-corrected chi connectivity index (χ2v) is 4.45. The van der Waals surface area contributed by atoms with E-state index in [2.05, 4.69) is 38.1 Å². The van der Waals surface area contributed by atoms with Crippen molar-refractivity contribution in [1.82, 2.24) is 0 Å². The van der Waals surface area contributed by atoms with E-state index in [4.69, 9.17) is 10.8 Å². The zero-order chi connectivity index (χ0) is 11.3. The fraction of sp³-hybridized carbons (Fsp3) is 0.538. The molecule has 1 aromatic carbocycles. The molecule has 15 heavy (non-hydrogen) atoms. The van der Waals surface area contributed by atoms with Crippen molar-refractivity contribution < 1.29 is 5.11 Å². The molecule has 0 amide bonds. The molecule has 2 nitrogen and oxygen atoms in total. The summed E-state index contributed by atoms with van der Waals surface area (Å²) >= 11 is 0. The van der Waals surface area contributed by atoms with E-state index in [9.17, 15) is 0 Å². The molecule has 0 aliphatic carbocycles. The van der Waals surface area contributed by atoms with Crippen LogP contribution >= 0.6 is 0 Å². The number of hydrogen-bond donors (Lipinski definition) is 2. The van der Waals surface area contributed by atoms with Gasteiger partial charge in [-0.2, -0.15) is 0 Å². The normalized spacial score (nSPS) is 13.1. The molecule has 1 atom stereocenters. The Labute approximate surface area is 92.1 Å². The average Bonchev–Trinajstić information content (AvgIpc) is 2.21. The van der Waals surface area contributed by atoms with E-state index in [1.807, 2.05) is 0 Å². The van der Waals surface area contributed by atoms with Crippen LogP contribution in [0.2, 0.25) is 0 Å². The summed E-state index contributed by atoms with van der Waals surface area (Å²) in [6, 6.07) is 8.41. The molecular weight excluding hydrogens is 186 g/mol. The molecule has 0 fully saturated rings. The molecule has 0 aromatic heterocycles. The third kappa shape index (κ3) is 3.65. The van der Waals surface area contributed by atoms with Gasteiger partial charge in [0.25, 0.3) is 0 Å². The summed E-state index contributed by atoms with van der Waals surface area (Å²) in [7, 11) is 0. The number of nitrogens with two attached hydrogens (primary N) is 1. The first-order valence-electron chi connectivity index (χ1n) is 5.57. The number of aliphatic hydroxyl groups is 1. The molecule has 0 heterocycles. The van der Waals surface area contributed by atoms with E-state index < -0.39 is 0 Å². The summed E-state index contributed by atoms with van der Waals surface area (Å²) in [4.78, 5) is 0. The summed E-state index contributed by atoms with van der Waals surface area (Å²) in [5.74, 6) is 0.761. The molecule has 3 N–H and O–H groups in total. The van der Waals surface area contributed by atoms with E-state index in [1.54, 1.807) is 0 Å². The monoisotopic (exact) mass is 207 g/mol. The lowest BCUT2D eigenvalue weighted by Gasteiger charge is -2.12. The highest BCUT2D eigenvalue weighted by atomic mass is 16.3. The molecule has 0 saturated heterocycles. The highest BCUT2D eigenvalue weighted by Gasteiger charge is 2.07. The van der Waals surface area contributed by atoms with Crippen LogP contribution in [-0.4, -0.2) is 18.3 Å². The second-order valence-electron chi connectivity index (χ2n) is 4.45. The molecule has 0 bridgehead atoms. The van der Waals surface area contributed by atoms with Crippen molar-refractivity contribution in [2.24, 2.45) is 11.7 Å². The molecular formula is C13H21NO. The minimum absolute atomic E-state index is 0.0816. The van der Waals surface area contributed by atoms with Crippen LogP contribution in [0.25, 0.3) is 0 Å². The summed E-state index contributed by atoms with van der Waals surface area (Å²) in [6.07, 6.45) is 1.10. The Bertz CT molecular complexity index is 275. The van der Waals surface area contributed by atoms with Gasteiger partial charge in [0.2, 0.25) is 0 Å². The lowest BCUT2D eigenvalue weighted by molar-refractivity contribution is 0.268. The highest BCUT2D eigenvalue weighted by molar-refractivity contribution is 5.26. The van der Waals surface area contributed by atoms with Gasteiger partial charge in [0.1, 0.15) is 0 Å². The predicted octanol–water partition coefficient (Wildman–Crippen LogP) is 1.92. The van der Waals surface area contributed by atoms with Gasteiger partial charge in [-0.3, -0.25) is 0 Å².